The lowest BCUT2D eigenvalue weighted by Crippen LogP contribution is -2.07. The van der Waals surface area contributed by atoms with Crippen molar-refractivity contribution in [3.05, 3.63) is 81.8 Å². The summed E-state index contributed by atoms with van der Waals surface area (Å²) in [7, 11) is 0. The lowest BCUT2D eigenvalue weighted by atomic mass is 9.93. The van der Waals surface area contributed by atoms with Crippen molar-refractivity contribution in [1.29, 1.82) is 0 Å². The summed E-state index contributed by atoms with van der Waals surface area (Å²) in [5.41, 5.74) is 5.93. The highest BCUT2D eigenvalue weighted by atomic mass is 16.4. The van der Waals surface area contributed by atoms with Crippen LogP contribution in [-0.4, -0.2) is 16.4 Å². The zero-order valence-corrected chi connectivity index (χ0v) is 14.1. The molecule has 0 bridgehead atoms. The maximum absolute atomic E-state index is 11.6. The molecule has 0 atom stereocenters. The number of nitrogens with zero attached hydrogens (tertiary/aromatic N) is 2. The Morgan fingerprint density at radius 1 is 1.00 bits per heavy atom. The Balaban J connectivity index is 1.77. The number of hydrogen-bond acceptors (Lipinski definition) is 4. The molecule has 5 nitrogen and oxygen atoms in total. The fraction of sp³-hybridized carbons (Fsp3) is 0.0952. The Morgan fingerprint density at radius 3 is 2.73 bits per heavy atom. The summed E-state index contributed by atoms with van der Waals surface area (Å²) in [6.07, 6.45) is 0.680. The molecule has 1 aliphatic rings. The van der Waals surface area contributed by atoms with Gasteiger partial charge in [-0.3, -0.25) is 4.98 Å². The summed E-state index contributed by atoms with van der Waals surface area (Å²) >= 11 is 0. The Hall–Kier alpha value is -3.47. The smallest absolute Gasteiger partial charge is 0.408 e. The Labute approximate surface area is 148 Å². The molecule has 3 aromatic carbocycles. The van der Waals surface area contributed by atoms with Gasteiger partial charge in [-0.15, -0.1) is 5.10 Å². The van der Waals surface area contributed by atoms with Crippen molar-refractivity contribution in [3.8, 4) is 0 Å². The molecule has 0 unspecified atom stereocenters. The van der Waals surface area contributed by atoms with Gasteiger partial charge in [0.15, 0.2) is 5.58 Å². The van der Waals surface area contributed by atoms with Gasteiger partial charge in [0, 0.05) is 23.3 Å². The van der Waals surface area contributed by atoms with Crippen LogP contribution in [0.5, 0.6) is 0 Å². The topological polar surface area (TPSA) is 70.7 Å². The summed E-state index contributed by atoms with van der Waals surface area (Å²) in [5.74, 6) is -0.449. The first-order valence-electron chi connectivity index (χ1n) is 8.44. The monoisotopic (exact) mass is 341 g/mol. The zero-order chi connectivity index (χ0) is 17.7. The van der Waals surface area contributed by atoms with E-state index in [0.717, 1.165) is 33.5 Å². The van der Waals surface area contributed by atoms with E-state index in [0.29, 0.717) is 17.5 Å². The third-order valence-electron chi connectivity index (χ3n) is 4.69. The van der Waals surface area contributed by atoms with E-state index in [9.17, 15) is 4.79 Å². The Bertz CT molecular complexity index is 1290. The van der Waals surface area contributed by atoms with Crippen LogP contribution in [0.15, 0.2) is 74.0 Å². The van der Waals surface area contributed by atoms with Gasteiger partial charge in [-0.2, -0.15) is 5.10 Å². The number of nitrogens with one attached hydrogen (secondary N) is 1. The first-order chi connectivity index (χ1) is 12.7. The fourth-order valence-electron chi connectivity index (χ4n) is 3.46. The van der Waals surface area contributed by atoms with Gasteiger partial charge in [0.25, 0.3) is 0 Å². The van der Waals surface area contributed by atoms with Crippen LogP contribution in [0.4, 0.5) is 0 Å². The molecule has 126 valence electrons. The second kappa shape index (κ2) is 5.52. The minimum absolute atomic E-state index is 0.449. The number of oxazole rings is 1. The van der Waals surface area contributed by atoms with Gasteiger partial charge in [-0.25, -0.2) is 4.79 Å². The maximum Gasteiger partial charge on any atom is 0.417 e. The Kier molecular flexibility index (Phi) is 3.15. The summed E-state index contributed by atoms with van der Waals surface area (Å²) in [6.45, 7) is 1.96. The van der Waals surface area contributed by atoms with Gasteiger partial charge in [0.1, 0.15) is 5.71 Å². The molecule has 0 radical (unpaired) electrons. The first-order valence-corrected chi connectivity index (χ1v) is 8.44. The highest BCUT2D eigenvalue weighted by Crippen LogP contribution is 2.26. The third kappa shape index (κ3) is 2.37. The van der Waals surface area contributed by atoms with Crippen molar-refractivity contribution >= 4 is 33.3 Å². The SMILES string of the molecule is CC1=NN=C(c2ccc3ccccc3c2)c2cc3oc(=O)[nH]c3cc2C1. The van der Waals surface area contributed by atoms with Gasteiger partial charge in [-0.05, 0) is 41.5 Å². The quantitative estimate of drug-likeness (QED) is 0.567. The van der Waals surface area contributed by atoms with Crippen LogP contribution in [0.3, 0.4) is 0 Å². The van der Waals surface area contributed by atoms with Crippen molar-refractivity contribution in [3.63, 3.8) is 0 Å². The molecule has 0 amide bonds. The number of H-pyrrole nitrogens is 1. The van der Waals surface area contributed by atoms with E-state index >= 15 is 0 Å². The van der Waals surface area contributed by atoms with Crippen LogP contribution in [0, 0.1) is 0 Å². The molecule has 1 aliphatic heterocycles. The fourth-order valence-corrected chi connectivity index (χ4v) is 3.46. The molecule has 5 rings (SSSR count). The van der Waals surface area contributed by atoms with Crippen molar-refractivity contribution in [2.75, 3.05) is 0 Å². The molecule has 1 aromatic heterocycles. The normalized spacial score (nSPS) is 14.0. The van der Waals surface area contributed by atoms with E-state index in [4.69, 9.17) is 4.42 Å². The summed E-state index contributed by atoms with van der Waals surface area (Å²) in [5, 5.41) is 11.2. The van der Waals surface area contributed by atoms with Crippen molar-refractivity contribution < 1.29 is 4.42 Å². The van der Waals surface area contributed by atoms with Crippen molar-refractivity contribution in [2.45, 2.75) is 13.3 Å². The average molecular weight is 341 g/mol. The second-order valence-corrected chi connectivity index (χ2v) is 6.54. The lowest BCUT2D eigenvalue weighted by molar-refractivity contribution is 0.555. The maximum atomic E-state index is 11.6. The summed E-state index contributed by atoms with van der Waals surface area (Å²) < 4.78 is 5.25. The van der Waals surface area contributed by atoms with E-state index in [1.165, 1.54) is 5.39 Å². The summed E-state index contributed by atoms with van der Waals surface area (Å²) in [4.78, 5) is 14.3. The molecule has 2 heterocycles. The van der Waals surface area contributed by atoms with E-state index in [1.807, 2.05) is 31.2 Å². The molecule has 0 spiro atoms. The van der Waals surface area contributed by atoms with Crippen LogP contribution in [0.2, 0.25) is 0 Å². The molecular weight excluding hydrogens is 326 g/mol. The van der Waals surface area contributed by atoms with Gasteiger partial charge >= 0.3 is 5.76 Å². The number of aromatic nitrogens is 1. The van der Waals surface area contributed by atoms with E-state index in [1.54, 1.807) is 0 Å². The van der Waals surface area contributed by atoms with E-state index in [-0.39, 0.29) is 0 Å². The summed E-state index contributed by atoms with van der Waals surface area (Å²) in [6, 6.07) is 18.3. The molecular formula is C21H15N3O2. The number of aromatic amines is 1. The van der Waals surface area contributed by atoms with Gasteiger partial charge in [-0.1, -0.05) is 36.4 Å². The van der Waals surface area contributed by atoms with Crippen molar-refractivity contribution in [1.82, 2.24) is 4.98 Å². The van der Waals surface area contributed by atoms with Crippen LogP contribution in [-0.2, 0) is 6.42 Å². The second-order valence-electron chi connectivity index (χ2n) is 6.54. The zero-order valence-electron chi connectivity index (χ0n) is 14.1. The number of rotatable bonds is 1. The predicted molar refractivity (Wildman–Crippen MR) is 103 cm³/mol. The molecule has 0 fully saturated rings. The van der Waals surface area contributed by atoms with Crippen molar-refractivity contribution in [2.24, 2.45) is 10.2 Å². The standard InChI is InChI=1S/C21H15N3O2/c1-12-8-16-10-18-19(26-21(25)22-18)11-17(16)20(24-23-12)15-7-6-13-4-2-3-5-14(13)9-15/h2-7,9-11H,8H2,1H3,(H,22,25). The van der Waals surface area contributed by atoms with Gasteiger partial charge in [0.05, 0.1) is 5.52 Å². The van der Waals surface area contributed by atoms with Crippen LogP contribution in [0.25, 0.3) is 21.9 Å². The van der Waals surface area contributed by atoms with Gasteiger partial charge in [0.2, 0.25) is 0 Å². The van der Waals surface area contributed by atoms with E-state index in [2.05, 4.69) is 45.5 Å². The molecule has 5 heteroatoms. The molecule has 0 saturated heterocycles. The van der Waals surface area contributed by atoms with Crippen LogP contribution < -0.4 is 5.76 Å². The highest BCUT2D eigenvalue weighted by molar-refractivity contribution is 6.17. The number of hydrogen-bond donors (Lipinski definition) is 1. The van der Waals surface area contributed by atoms with Crippen LogP contribution in [0.1, 0.15) is 23.6 Å². The Morgan fingerprint density at radius 2 is 1.85 bits per heavy atom. The minimum atomic E-state index is -0.449. The molecule has 4 aromatic rings. The third-order valence-corrected chi connectivity index (χ3v) is 4.69. The lowest BCUT2D eigenvalue weighted by Gasteiger charge is -2.10. The predicted octanol–water partition coefficient (Wildman–Crippen LogP) is 4.04. The molecule has 0 aliphatic carbocycles. The molecule has 26 heavy (non-hydrogen) atoms. The highest BCUT2D eigenvalue weighted by Gasteiger charge is 2.18. The van der Waals surface area contributed by atoms with E-state index < -0.39 is 5.76 Å². The number of fused-ring (bicyclic) bond motifs is 3. The van der Waals surface area contributed by atoms with Gasteiger partial charge < -0.3 is 4.42 Å². The van der Waals surface area contributed by atoms with Crippen LogP contribution >= 0.6 is 0 Å². The minimum Gasteiger partial charge on any atom is -0.408 e. The average Bonchev–Trinajstić information content (AvgIpc) is 2.92. The first kappa shape index (κ1) is 14.8. The molecule has 0 saturated carbocycles. The molecule has 1 N–H and O–H groups in total. The number of benzene rings is 3. The largest absolute Gasteiger partial charge is 0.417 e.